The molecule has 4 heteroatoms. The molecule has 2 aromatic heterocycles. The molecule has 37 heavy (non-hydrogen) atoms. The summed E-state index contributed by atoms with van der Waals surface area (Å²) in [5.41, 5.74) is 4.09. The van der Waals surface area contributed by atoms with Gasteiger partial charge in [0.2, 0.25) is 0 Å². The molecule has 0 aliphatic carbocycles. The minimum absolute atomic E-state index is 0.366. The first kappa shape index (κ1) is 23.7. The van der Waals surface area contributed by atoms with Crippen molar-refractivity contribution in [2.24, 2.45) is 0 Å². The lowest BCUT2D eigenvalue weighted by Crippen LogP contribution is -2.38. The topological polar surface area (TPSA) is 28.2 Å². The number of benzene rings is 3. The van der Waals surface area contributed by atoms with Crippen molar-refractivity contribution in [2.45, 2.75) is 17.4 Å². The van der Waals surface area contributed by atoms with Crippen molar-refractivity contribution in [3.63, 3.8) is 0 Å². The van der Waals surface area contributed by atoms with E-state index in [1.165, 1.54) is 21.6 Å². The third kappa shape index (κ3) is 4.59. The molecule has 0 unspecified atom stereocenters. The molecule has 1 aliphatic rings. The summed E-state index contributed by atoms with van der Waals surface area (Å²) in [7, 11) is 2.22. The second-order valence-electron chi connectivity index (χ2n) is 9.87. The summed E-state index contributed by atoms with van der Waals surface area (Å²) in [4.78, 5) is 9.15. The van der Waals surface area contributed by atoms with E-state index in [2.05, 4.69) is 144 Å². The number of aromatic nitrogens is 1. The maximum atomic E-state index is 5.28. The standard InChI is InChI=1S/C33H31N3S/c1-36-23-28(29(24-36)31-20-12-22-37-31)30-19-11-21-32(34-30)35-33(25-13-5-2-6-14-25,26-15-7-3-8-16-26)27-17-9-4-10-18-27/h2-22,28-29H,23-24H2,1H3,(H,34,35)/t28-,29-/m1/s1. The van der Waals surface area contributed by atoms with Crippen molar-refractivity contribution in [1.82, 2.24) is 9.88 Å². The zero-order valence-electron chi connectivity index (χ0n) is 21.0. The first-order valence-corrected chi connectivity index (χ1v) is 13.8. The van der Waals surface area contributed by atoms with Gasteiger partial charge in [0.05, 0.1) is 0 Å². The van der Waals surface area contributed by atoms with Gasteiger partial charge in [-0.2, -0.15) is 0 Å². The first-order valence-electron chi connectivity index (χ1n) is 12.9. The molecule has 3 heterocycles. The molecule has 0 bridgehead atoms. The molecule has 1 saturated heterocycles. The Bertz CT molecular complexity index is 1320. The Kier molecular flexibility index (Phi) is 6.60. The normalized spacial score (nSPS) is 18.1. The minimum Gasteiger partial charge on any atom is -0.353 e. The van der Waals surface area contributed by atoms with Crippen LogP contribution in [0.3, 0.4) is 0 Å². The lowest BCUT2D eigenvalue weighted by molar-refractivity contribution is 0.407. The molecule has 5 aromatic rings. The molecule has 6 rings (SSSR count). The molecule has 0 saturated carbocycles. The zero-order chi connectivity index (χ0) is 25.1. The molecule has 0 spiro atoms. The Morgan fingerprint density at radius 3 is 1.78 bits per heavy atom. The van der Waals surface area contributed by atoms with Crippen LogP contribution in [0.5, 0.6) is 0 Å². The van der Waals surface area contributed by atoms with E-state index in [4.69, 9.17) is 4.98 Å². The minimum atomic E-state index is -0.588. The Morgan fingerprint density at radius 2 is 1.24 bits per heavy atom. The van der Waals surface area contributed by atoms with Crippen LogP contribution in [-0.2, 0) is 5.54 Å². The van der Waals surface area contributed by atoms with E-state index < -0.39 is 5.54 Å². The number of anilines is 1. The lowest BCUT2D eigenvalue weighted by atomic mass is 9.77. The summed E-state index contributed by atoms with van der Waals surface area (Å²) in [6.45, 7) is 2.08. The highest BCUT2D eigenvalue weighted by atomic mass is 32.1. The number of thiophene rings is 1. The SMILES string of the molecule is CN1C[C@@H](c2cccc(NC(c3ccccc3)(c3ccccc3)c3ccccc3)n2)[C@H](c2cccs2)C1. The molecule has 1 aliphatic heterocycles. The molecule has 2 atom stereocenters. The van der Waals surface area contributed by atoms with E-state index in [9.17, 15) is 0 Å². The number of hydrogen-bond donors (Lipinski definition) is 1. The molecule has 0 radical (unpaired) electrons. The molecular weight excluding hydrogens is 470 g/mol. The predicted molar refractivity (Wildman–Crippen MR) is 154 cm³/mol. The van der Waals surface area contributed by atoms with Crippen LogP contribution in [0, 0.1) is 0 Å². The second kappa shape index (κ2) is 10.3. The number of likely N-dealkylation sites (tertiary alicyclic amines) is 1. The molecule has 3 nitrogen and oxygen atoms in total. The van der Waals surface area contributed by atoms with Gasteiger partial charge in [0.25, 0.3) is 0 Å². The van der Waals surface area contributed by atoms with E-state index >= 15 is 0 Å². The highest BCUT2D eigenvalue weighted by Gasteiger charge is 2.38. The van der Waals surface area contributed by atoms with Gasteiger partial charge in [-0.15, -0.1) is 11.3 Å². The van der Waals surface area contributed by atoms with Gasteiger partial charge in [0, 0.05) is 35.5 Å². The third-order valence-electron chi connectivity index (χ3n) is 7.50. The predicted octanol–water partition coefficient (Wildman–Crippen LogP) is 7.36. The first-order chi connectivity index (χ1) is 18.2. The molecule has 1 fully saturated rings. The molecule has 3 aromatic carbocycles. The fourth-order valence-corrected chi connectivity index (χ4v) is 6.68. The molecular formula is C33H31N3S. The zero-order valence-corrected chi connectivity index (χ0v) is 21.8. The highest BCUT2D eigenvalue weighted by molar-refractivity contribution is 7.10. The van der Waals surface area contributed by atoms with Crippen molar-refractivity contribution in [1.29, 1.82) is 0 Å². The van der Waals surface area contributed by atoms with E-state index in [-0.39, 0.29) is 0 Å². The van der Waals surface area contributed by atoms with Crippen LogP contribution in [-0.4, -0.2) is 30.0 Å². The number of hydrogen-bond acceptors (Lipinski definition) is 4. The van der Waals surface area contributed by atoms with E-state index in [1.54, 1.807) is 0 Å². The fraction of sp³-hybridized carbons (Fsp3) is 0.182. The molecule has 184 valence electrons. The van der Waals surface area contributed by atoms with Gasteiger partial charge in [-0.1, -0.05) is 103 Å². The monoisotopic (exact) mass is 501 g/mol. The summed E-state index contributed by atoms with van der Waals surface area (Å²) < 4.78 is 0. The van der Waals surface area contributed by atoms with Crippen LogP contribution in [0.25, 0.3) is 0 Å². The largest absolute Gasteiger partial charge is 0.353 e. The highest BCUT2D eigenvalue weighted by Crippen LogP contribution is 2.42. The number of rotatable bonds is 7. The van der Waals surface area contributed by atoms with Gasteiger partial charge in [-0.25, -0.2) is 4.98 Å². The summed E-state index contributed by atoms with van der Waals surface area (Å²) in [6.07, 6.45) is 0. The number of pyridine rings is 1. The van der Waals surface area contributed by atoms with Gasteiger partial charge >= 0.3 is 0 Å². The molecule has 1 N–H and O–H groups in total. The summed E-state index contributed by atoms with van der Waals surface area (Å²) in [5, 5.41) is 6.13. The summed E-state index contributed by atoms with van der Waals surface area (Å²) >= 11 is 1.86. The van der Waals surface area contributed by atoms with Crippen molar-refractivity contribution >= 4 is 17.2 Å². The fourth-order valence-electron chi connectivity index (χ4n) is 5.79. The Balaban J connectivity index is 1.46. The molecule has 0 amide bonds. The van der Waals surface area contributed by atoms with Crippen molar-refractivity contribution in [2.75, 3.05) is 25.5 Å². The van der Waals surface area contributed by atoms with Crippen LogP contribution in [0.2, 0.25) is 0 Å². The van der Waals surface area contributed by atoms with Gasteiger partial charge < -0.3 is 10.2 Å². The Hall–Kier alpha value is -3.73. The summed E-state index contributed by atoms with van der Waals surface area (Å²) in [5.74, 6) is 1.72. The number of likely N-dealkylation sites (N-methyl/N-ethyl adjacent to an activating group) is 1. The smallest absolute Gasteiger partial charge is 0.127 e. The van der Waals surface area contributed by atoms with Crippen molar-refractivity contribution in [3.05, 3.63) is 154 Å². The van der Waals surface area contributed by atoms with Crippen LogP contribution in [0.4, 0.5) is 5.82 Å². The maximum absolute atomic E-state index is 5.28. The second-order valence-corrected chi connectivity index (χ2v) is 10.8. The third-order valence-corrected chi connectivity index (χ3v) is 8.50. The average Bonchev–Trinajstić information content (AvgIpc) is 3.63. The average molecular weight is 502 g/mol. The van der Waals surface area contributed by atoms with Gasteiger partial charge in [-0.05, 0) is 47.3 Å². The Labute approximate surface area is 223 Å². The summed E-state index contributed by atoms with van der Waals surface area (Å²) in [6, 6.07) is 43.0. The van der Waals surface area contributed by atoms with Crippen LogP contribution in [0.15, 0.2) is 127 Å². The lowest BCUT2D eigenvalue weighted by Gasteiger charge is -2.37. The van der Waals surface area contributed by atoms with Crippen LogP contribution >= 0.6 is 11.3 Å². The van der Waals surface area contributed by atoms with E-state index in [0.29, 0.717) is 11.8 Å². The van der Waals surface area contributed by atoms with Crippen LogP contribution in [0.1, 0.15) is 39.1 Å². The number of nitrogens with zero attached hydrogens (tertiary/aromatic N) is 2. The van der Waals surface area contributed by atoms with Gasteiger partial charge in [-0.3, -0.25) is 0 Å². The van der Waals surface area contributed by atoms with Crippen molar-refractivity contribution < 1.29 is 0 Å². The number of nitrogens with one attached hydrogen (secondary N) is 1. The maximum Gasteiger partial charge on any atom is 0.127 e. The van der Waals surface area contributed by atoms with Crippen molar-refractivity contribution in [3.8, 4) is 0 Å². The van der Waals surface area contributed by atoms with Gasteiger partial charge in [0.15, 0.2) is 0 Å². The van der Waals surface area contributed by atoms with Crippen LogP contribution < -0.4 is 5.32 Å². The van der Waals surface area contributed by atoms with E-state index in [0.717, 1.165) is 24.6 Å². The quantitative estimate of drug-likeness (QED) is 0.236. The Morgan fingerprint density at radius 1 is 0.676 bits per heavy atom. The van der Waals surface area contributed by atoms with Gasteiger partial charge in [0.1, 0.15) is 11.4 Å². The van der Waals surface area contributed by atoms with E-state index in [1.807, 2.05) is 11.3 Å².